The Hall–Kier alpha value is -2.21. The highest BCUT2D eigenvalue weighted by Crippen LogP contribution is 2.32. The van der Waals surface area contributed by atoms with Crippen molar-refractivity contribution in [2.24, 2.45) is 0 Å². The molecule has 24 heavy (non-hydrogen) atoms. The smallest absolute Gasteiger partial charge is 0.318 e. The van der Waals surface area contributed by atoms with Crippen LogP contribution in [-0.2, 0) is 0 Å². The second-order valence-electron chi connectivity index (χ2n) is 5.64. The summed E-state index contributed by atoms with van der Waals surface area (Å²) in [4.78, 5) is 14.3. The van der Waals surface area contributed by atoms with Crippen molar-refractivity contribution in [3.63, 3.8) is 0 Å². The van der Waals surface area contributed by atoms with Crippen molar-refractivity contribution in [3.8, 4) is 11.5 Å². The van der Waals surface area contributed by atoms with Crippen molar-refractivity contribution in [2.45, 2.75) is 18.9 Å². The second-order valence-corrected chi connectivity index (χ2v) is 6.42. The van der Waals surface area contributed by atoms with E-state index in [-0.39, 0.29) is 12.1 Å². The Morgan fingerprint density at radius 3 is 2.92 bits per heavy atom. The maximum absolute atomic E-state index is 12.4. The van der Waals surface area contributed by atoms with E-state index < -0.39 is 0 Å². The summed E-state index contributed by atoms with van der Waals surface area (Å²) in [6, 6.07) is 9.78. The zero-order valence-corrected chi connectivity index (χ0v) is 14.6. The van der Waals surface area contributed by atoms with Gasteiger partial charge >= 0.3 is 6.03 Å². The maximum atomic E-state index is 12.4. The number of hydrogen-bond donors (Lipinski definition) is 1. The summed E-state index contributed by atoms with van der Waals surface area (Å²) in [5, 5.41) is 7.14. The zero-order chi connectivity index (χ0) is 16.8. The molecule has 3 rings (SSSR count). The topological polar surface area (TPSA) is 50.8 Å². The molecule has 1 aromatic carbocycles. The summed E-state index contributed by atoms with van der Waals surface area (Å²) in [5.74, 6) is 1.38. The number of likely N-dealkylation sites (tertiary alicyclic amines) is 1. The molecule has 1 fully saturated rings. The molecule has 1 aromatic heterocycles. The molecule has 1 aliphatic heterocycles. The number of carbonyl (C=O) groups is 1. The van der Waals surface area contributed by atoms with Gasteiger partial charge in [0.2, 0.25) is 0 Å². The van der Waals surface area contributed by atoms with Crippen LogP contribution in [0.4, 0.5) is 4.79 Å². The van der Waals surface area contributed by atoms with Gasteiger partial charge < -0.3 is 19.7 Å². The molecule has 0 radical (unpaired) electrons. The number of para-hydroxylation sites is 2. The number of amides is 2. The number of carbonyl (C=O) groups excluding carboxylic acids is 1. The minimum absolute atomic E-state index is 0.0210. The van der Waals surface area contributed by atoms with Gasteiger partial charge in [-0.3, -0.25) is 0 Å². The van der Waals surface area contributed by atoms with Crippen LogP contribution in [0.2, 0.25) is 0 Å². The van der Waals surface area contributed by atoms with Gasteiger partial charge in [-0.15, -0.1) is 0 Å². The number of ether oxygens (including phenoxy) is 2. The van der Waals surface area contributed by atoms with Gasteiger partial charge in [0.05, 0.1) is 19.7 Å². The number of nitrogens with zero attached hydrogens (tertiary/aromatic N) is 1. The van der Waals surface area contributed by atoms with Crippen LogP contribution in [-0.4, -0.2) is 37.7 Å². The summed E-state index contributed by atoms with van der Waals surface area (Å²) in [5.41, 5.74) is 1.23. The second kappa shape index (κ2) is 8.06. The molecule has 1 N–H and O–H groups in total. The Bertz CT molecular complexity index is 660. The van der Waals surface area contributed by atoms with Crippen LogP contribution in [0.1, 0.15) is 24.4 Å². The van der Waals surface area contributed by atoms with E-state index in [1.807, 2.05) is 29.2 Å². The van der Waals surface area contributed by atoms with E-state index in [1.165, 1.54) is 5.56 Å². The van der Waals surface area contributed by atoms with Crippen molar-refractivity contribution in [1.82, 2.24) is 10.2 Å². The summed E-state index contributed by atoms with van der Waals surface area (Å²) in [6.07, 6.45) is 2.08. The van der Waals surface area contributed by atoms with Gasteiger partial charge in [0, 0.05) is 6.54 Å². The normalized spacial score (nSPS) is 16.9. The SMILES string of the molecule is COc1ccccc1OCCNC(=O)N1CCC[C@@H]1c1ccsc1. The number of hydrogen-bond acceptors (Lipinski definition) is 4. The van der Waals surface area contributed by atoms with Crippen molar-refractivity contribution >= 4 is 17.4 Å². The third kappa shape index (κ3) is 3.82. The van der Waals surface area contributed by atoms with Crippen molar-refractivity contribution in [2.75, 3.05) is 26.8 Å². The number of methoxy groups -OCH3 is 1. The van der Waals surface area contributed by atoms with E-state index in [0.29, 0.717) is 24.7 Å². The largest absolute Gasteiger partial charge is 0.493 e. The molecule has 0 unspecified atom stereocenters. The van der Waals surface area contributed by atoms with Crippen LogP contribution >= 0.6 is 11.3 Å². The first-order valence-corrected chi connectivity index (χ1v) is 9.06. The minimum atomic E-state index is -0.0210. The van der Waals surface area contributed by atoms with Crippen LogP contribution < -0.4 is 14.8 Å². The lowest BCUT2D eigenvalue weighted by molar-refractivity contribution is 0.190. The Morgan fingerprint density at radius 1 is 1.33 bits per heavy atom. The molecule has 0 saturated carbocycles. The first-order valence-electron chi connectivity index (χ1n) is 8.12. The Morgan fingerprint density at radius 2 is 2.17 bits per heavy atom. The zero-order valence-electron chi connectivity index (χ0n) is 13.7. The van der Waals surface area contributed by atoms with Crippen LogP contribution in [0, 0.1) is 0 Å². The predicted octanol–water partition coefficient (Wildman–Crippen LogP) is 3.68. The summed E-state index contributed by atoms with van der Waals surface area (Å²) >= 11 is 1.67. The molecule has 1 saturated heterocycles. The molecule has 0 spiro atoms. The van der Waals surface area contributed by atoms with Crippen molar-refractivity contribution < 1.29 is 14.3 Å². The molecular weight excluding hydrogens is 324 g/mol. The van der Waals surface area contributed by atoms with Gasteiger partial charge in [0.15, 0.2) is 11.5 Å². The molecule has 1 atom stereocenters. The van der Waals surface area contributed by atoms with Gasteiger partial charge in [-0.05, 0) is 47.4 Å². The molecule has 0 bridgehead atoms. The molecule has 0 aliphatic carbocycles. The summed E-state index contributed by atoms with van der Waals surface area (Å²) in [6.45, 7) is 1.67. The molecule has 5 nitrogen and oxygen atoms in total. The highest BCUT2D eigenvalue weighted by Gasteiger charge is 2.29. The minimum Gasteiger partial charge on any atom is -0.493 e. The number of nitrogens with one attached hydrogen (secondary N) is 1. The van der Waals surface area contributed by atoms with Crippen LogP contribution in [0.5, 0.6) is 11.5 Å². The molecule has 1 aliphatic rings. The quantitative estimate of drug-likeness (QED) is 0.812. The molecular formula is C18H22N2O3S. The first-order chi connectivity index (χ1) is 11.8. The van der Waals surface area contributed by atoms with Gasteiger partial charge in [-0.2, -0.15) is 11.3 Å². The maximum Gasteiger partial charge on any atom is 0.318 e. The lowest BCUT2D eigenvalue weighted by atomic mass is 10.1. The van der Waals surface area contributed by atoms with Crippen LogP contribution in [0.25, 0.3) is 0 Å². The van der Waals surface area contributed by atoms with Gasteiger partial charge in [-0.25, -0.2) is 4.79 Å². The van der Waals surface area contributed by atoms with Crippen LogP contribution in [0.15, 0.2) is 41.1 Å². The average molecular weight is 346 g/mol. The van der Waals surface area contributed by atoms with E-state index in [2.05, 4.69) is 22.1 Å². The van der Waals surface area contributed by atoms with Crippen molar-refractivity contribution in [3.05, 3.63) is 46.7 Å². The molecule has 2 heterocycles. The van der Waals surface area contributed by atoms with E-state index in [1.54, 1.807) is 18.4 Å². The summed E-state index contributed by atoms with van der Waals surface area (Å²) < 4.78 is 10.9. The first kappa shape index (κ1) is 16.6. The van der Waals surface area contributed by atoms with E-state index in [9.17, 15) is 4.79 Å². The fraction of sp³-hybridized carbons (Fsp3) is 0.389. The highest BCUT2D eigenvalue weighted by atomic mass is 32.1. The number of rotatable bonds is 6. The number of benzene rings is 1. The van der Waals surface area contributed by atoms with Gasteiger partial charge in [0.1, 0.15) is 6.61 Å². The third-order valence-electron chi connectivity index (χ3n) is 4.15. The Kier molecular flexibility index (Phi) is 5.59. The van der Waals surface area contributed by atoms with E-state index in [0.717, 1.165) is 19.4 Å². The molecule has 2 aromatic rings. The Labute approximate surface area is 146 Å². The fourth-order valence-corrected chi connectivity index (χ4v) is 3.69. The van der Waals surface area contributed by atoms with Gasteiger partial charge in [0.25, 0.3) is 0 Å². The standard InChI is InChI=1S/C18H22N2O3S/c1-22-16-6-2-3-7-17(16)23-11-9-19-18(21)20-10-4-5-15(20)14-8-12-24-13-14/h2-3,6-8,12-13,15H,4-5,9-11H2,1H3,(H,19,21)/t15-/m1/s1. The van der Waals surface area contributed by atoms with Crippen LogP contribution in [0.3, 0.4) is 0 Å². The number of thiophene rings is 1. The van der Waals surface area contributed by atoms with E-state index in [4.69, 9.17) is 9.47 Å². The van der Waals surface area contributed by atoms with E-state index >= 15 is 0 Å². The predicted molar refractivity (Wildman–Crippen MR) is 94.9 cm³/mol. The fourth-order valence-electron chi connectivity index (χ4n) is 2.98. The molecule has 6 heteroatoms. The third-order valence-corrected chi connectivity index (χ3v) is 4.85. The summed E-state index contributed by atoms with van der Waals surface area (Å²) in [7, 11) is 1.61. The number of urea groups is 1. The van der Waals surface area contributed by atoms with Crippen molar-refractivity contribution in [1.29, 1.82) is 0 Å². The van der Waals surface area contributed by atoms with Gasteiger partial charge in [-0.1, -0.05) is 12.1 Å². The lowest BCUT2D eigenvalue weighted by Gasteiger charge is -2.24. The monoisotopic (exact) mass is 346 g/mol. The highest BCUT2D eigenvalue weighted by molar-refractivity contribution is 7.07. The lowest BCUT2D eigenvalue weighted by Crippen LogP contribution is -2.41. The molecule has 2 amide bonds. The Balaban J connectivity index is 1.47. The molecule has 128 valence electrons. The average Bonchev–Trinajstić information content (AvgIpc) is 3.29.